The zero-order valence-electron chi connectivity index (χ0n) is 22.2. The van der Waals surface area contributed by atoms with Crippen molar-refractivity contribution in [3.63, 3.8) is 0 Å². The van der Waals surface area contributed by atoms with Crippen molar-refractivity contribution in [2.45, 2.75) is 32.0 Å². The number of piperazine rings is 1. The van der Waals surface area contributed by atoms with E-state index in [9.17, 15) is 22.8 Å². The van der Waals surface area contributed by atoms with Gasteiger partial charge in [-0.3, -0.25) is 19.5 Å². The van der Waals surface area contributed by atoms with Crippen LogP contribution in [0.5, 0.6) is 0 Å². The standard InChI is InChI=1S/C30H29F3N6O2/c31-30(32,33)26-16-24(7-6-23(26)19-39-13-11-34-12-14-39)37-28(40)17-25-15-20(9-10-35-25)1-2-21-3-8-27(36-18-21)38-29(41)22-4-5-22/h3,6-10,15-16,18,22,34H,4-5,11-14,17,19H2,(H,37,40)(H,36,38,41). The molecule has 5 rings (SSSR count). The highest BCUT2D eigenvalue weighted by Crippen LogP contribution is 2.34. The average Bonchev–Trinajstić information content (AvgIpc) is 3.80. The molecule has 1 saturated heterocycles. The van der Waals surface area contributed by atoms with Crippen molar-refractivity contribution in [2.24, 2.45) is 5.92 Å². The number of rotatable bonds is 7. The minimum Gasteiger partial charge on any atom is -0.326 e. The molecule has 3 heterocycles. The molecule has 1 aliphatic carbocycles. The zero-order chi connectivity index (χ0) is 28.8. The topological polar surface area (TPSA) is 99.2 Å². The first-order valence-electron chi connectivity index (χ1n) is 13.4. The Balaban J connectivity index is 1.20. The van der Waals surface area contributed by atoms with E-state index in [-0.39, 0.29) is 36.0 Å². The number of benzene rings is 1. The number of alkyl halides is 3. The molecule has 2 amide bonds. The molecule has 1 aliphatic heterocycles. The number of halogens is 3. The maximum Gasteiger partial charge on any atom is 0.416 e. The highest BCUT2D eigenvalue weighted by Gasteiger charge is 2.34. The molecule has 11 heteroatoms. The Morgan fingerprint density at radius 3 is 2.46 bits per heavy atom. The van der Waals surface area contributed by atoms with E-state index in [0.717, 1.165) is 32.0 Å². The SMILES string of the molecule is O=C(Cc1cc(C#Cc2ccc(NC(=O)C3CC3)nc2)ccn1)Nc1ccc(CN2CCNCC2)c(C(F)(F)F)c1. The van der Waals surface area contributed by atoms with Crippen molar-refractivity contribution in [1.29, 1.82) is 0 Å². The van der Waals surface area contributed by atoms with Gasteiger partial charge in [0.2, 0.25) is 11.8 Å². The van der Waals surface area contributed by atoms with Gasteiger partial charge >= 0.3 is 6.18 Å². The number of carbonyl (C=O) groups is 2. The predicted octanol–water partition coefficient (Wildman–Crippen LogP) is 3.83. The monoisotopic (exact) mass is 562 g/mol. The lowest BCUT2D eigenvalue weighted by Gasteiger charge is -2.28. The third kappa shape index (κ3) is 8.13. The second-order valence-corrected chi connectivity index (χ2v) is 10.1. The minimum absolute atomic E-state index is 0.0201. The van der Waals surface area contributed by atoms with Gasteiger partial charge in [0.1, 0.15) is 5.82 Å². The smallest absolute Gasteiger partial charge is 0.326 e. The zero-order valence-corrected chi connectivity index (χ0v) is 22.2. The Bertz CT molecular complexity index is 1470. The van der Waals surface area contributed by atoms with Gasteiger partial charge in [0.15, 0.2) is 0 Å². The van der Waals surface area contributed by atoms with Crippen LogP contribution in [0.3, 0.4) is 0 Å². The lowest BCUT2D eigenvalue weighted by molar-refractivity contribution is -0.138. The summed E-state index contributed by atoms with van der Waals surface area (Å²) in [6, 6.07) is 10.7. The summed E-state index contributed by atoms with van der Waals surface area (Å²) in [5, 5.41) is 8.52. The number of anilines is 2. The second kappa shape index (κ2) is 12.5. The molecule has 0 atom stereocenters. The van der Waals surface area contributed by atoms with Crippen LogP contribution in [0, 0.1) is 17.8 Å². The van der Waals surface area contributed by atoms with E-state index in [2.05, 4.69) is 37.8 Å². The fourth-order valence-electron chi connectivity index (χ4n) is 4.45. The van der Waals surface area contributed by atoms with E-state index in [1.54, 1.807) is 30.5 Å². The van der Waals surface area contributed by atoms with Crippen molar-refractivity contribution in [3.05, 3.63) is 82.8 Å². The molecular formula is C30H29F3N6O2. The average molecular weight is 563 g/mol. The van der Waals surface area contributed by atoms with Gasteiger partial charge in [-0.05, 0) is 54.8 Å². The molecule has 1 saturated carbocycles. The largest absolute Gasteiger partial charge is 0.416 e. The normalized spacial score (nSPS) is 15.5. The number of carbonyl (C=O) groups excluding carboxylic acids is 2. The lowest BCUT2D eigenvalue weighted by Crippen LogP contribution is -2.43. The van der Waals surface area contributed by atoms with Crippen molar-refractivity contribution in [3.8, 4) is 11.8 Å². The van der Waals surface area contributed by atoms with Crippen LogP contribution in [0.1, 0.15) is 40.8 Å². The van der Waals surface area contributed by atoms with Gasteiger partial charge in [0.05, 0.1) is 17.7 Å². The van der Waals surface area contributed by atoms with Crippen LogP contribution in [-0.4, -0.2) is 52.9 Å². The predicted molar refractivity (Wildman–Crippen MR) is 148 cm³/mol. The summed E-state index contributed by atoms with van der Waals surface area (Å²) in [6.07, 6.45) is 0.238. The van der Waals surface area contributed by atoms with Gasteiger partial charge in [-0.2, -0.15) is 13.2 Å². The number of nitrogens with one attached hydrogen (secondary N) is 3. The van der Waals surface area contributed by atoms with Crippen molar-refractivity contribution < 1.29 is 22.8 Å². The maximum absolute atomic E-state index is 13.8. The summed E-state index contributed by atoms with van der Waals surface area (Å²) in [4.78, 5) is 34.9. The first kappa shape index (κ1) is 28.3. The maximum atomic E-state index is 13.8. The van der Waals surface area contributed by atoms with Crippen molar-refractivity contribution in [1.82, 2.24) is 20.2 Å². The number of hydrogen-bond acceptors (Lipinski definition) is 6. The molecule has 0 unspecified atom stereocenters. The van der Waals surface area contributed by atoms with E-state index >= 15 is 0 Å². The van der Waals surface area contributed by atoms with Crippen LogP contribution in [0.2, 0.25) is 0 Å². The Morgan fingerprint density at radius 2 is 1.76 bits per heavy atom. The van der Waals surface area contributed by atoms with E-state index in [4.69, 9.17) is 0 Å². The number of hydrogen-bond donors (Lipinski definition) is 3. The number of aromatic nitrogens is 2. The Morgan fingerprint density at radius 1 is 0.976 bits per heavy atom. The summed E-state index contributed by atoms with van der Waals surface area (Å²) < 4.78 is 41.5. The number of amides is 2. The van der Waals surface area contributed by atoms with Gasteiger partial charge in [0.25, 0.3) is 0 Å². The lowest BCUT2D eigenvalue weighted by atomic mass is 10.0. The Kier molecular flexibility index (Phi) is 8.61. The van der Waals surface area contributed by atoms with Crippen LogP contribution in [0.25, 0.3) is 0 Å². The molecule has 8 nitrogen and oxygen atoms in total. The molecule has 41 heavy (non-hydrogen) atoms. The second-order valence-electron chi connectivity index (χ2n) is 10.1. The summed E-state index contributed by atoms with van der Waals surface area (Å²) in [7, 11) is 0. The molecule has 1 aromatic carbocycles. The molecule has 0 bridgehead atoms. The van der Waals surface area contributed by atoms with Crippen molar-refractivity contribution >= 4 is 23.3 Å². The van der Waals surface area contributed by atoms with Crippen LogP contribution in [-0.2, 0) is 28.7 Å². The number of nitrogens with zero attached hydrogens (tertiary/aromatic N) is 3. The Labute approximate surface area is 235 Å². The van der Waals surface area contributed by atoms with Gasteiger partial charge in [-0.1, -0.05) is 17.9 Å². The van der Waals surface area contributed by atoms with Gasteiger partial charge in [0, 0.05) is 67.8 Å². The molecule has 2 aromatic heterocycles. The van der Waals surface area contributed by atoms with Crippen LogP contribution in [0.15, 0.2) is 54.9 Å². The van der Waals surface area contributed by atoms with Crippen LogP contribution in [0.4, 0.5) is 24.7 Å². The fourth-order valence-corrected chi connectivity index (χ4v) is 4.45. The first-order valence-corrected chi connectivity index (χ1v) is 13.4. The van der Waals surface area contributed by atoms with Gasteiger partial charge < -0.3 is 16.0 Å². The summed E-state index contributed by atoms with van der Waals surface area (Å²) in [5.41, 5.74) is 1.19. The minimum atomic E-state index is -4.54. The summed E-state index contributed by atoms with van der Waals surface area (Å²) >= 11 is 0. The van der Waals surface area contributed by atoms with E-state index in [1.807, 2.05) is 4.90 Å². The van der Waals surface area contributed by atoms with E-state index in [1.165, 1.54) is 18.3 Å². The van der Waals surface area contributed by atoms with E-state index in [0.29, 0.717) is 35.7 Å². The first-order chi connectivity index (χ1) is 19.7. The summed E-state index contributed by atoms with van der Waals surface area (Å²) in [6.45, 7) is 3.02. The third-order valence-electron chi connectivity index (χ3n) is 6.77. The van der Waals surface area contributed by atoms with Crippen LogP contribution >= 0.6 is 0 Å². The molecule has 2 aliphatic rings. The Hall–Kier alpha value is -4.27. The quantitative estimate of drug-likeness (QED) is 0.379. The molecule has 0 spiro atoms. The molecule has 3 N–H and O–H groups in total. The summed E-state index contributed by atoms with van der Waals surface area (Å²) in [5.74, 6) is 6.03. The molecule has 3 aromatic rings. The highest BCUT2D eigenvalue weighted by molar-refractivity contribution is 5.93. The van der Waals surface area contributed by atoms with Gasteiger partial charge in [-0.25, -0.2) is 4.98 Å². The molecular weight excluding hydrogens is 533 g/mol. The molecule has 212 valence electrons. The fraction of sp³-hybridized carbons (Fsp3) is 0.333. The van der Waals surface area contributed by atoms with E-state index < -0.39 is 17.6 Å². The van der Waals surface area contributed by atoms with Crippen molar-refractivity contribution in [2.75, 3.05) is 36.8 Å². The number of pyridine rings is 2. The molecule has 0 radical (unpaired) electrons. The highest BCUT2D eigenvalue weighted by atomic mass is 19.4. The van der Waals surface area contributed by atoms with Gasteiger partial charge in [-0.15, -0.1) is 0 Å². The van der Waals surface area contributed by atoms with Crippen LogP contribution < -0.4 is 16.0 Å². The third-order valence-corrected chi connectivity index (χ3v) is 6.77. The molecule has 2 fully saturated rings.